The monoisotopic (exact) mass is 404 g/mol. The van der Waals surface area contributed by atoms with Crippen LogP contribution in [0.3, 0.4) is 0 Å². The molecule has 0 aliphatic rings. The fraction of sp³-hybridized carbons (Fsp3) is 0.357. The predicted octanol–water partition coefficient (Wildman–Crippen LogP) is 6.23. The van der Waals surface area contributed by atoms with Gasteiger partial charge in [-0.05, 0) is 19.8 Å². The van der Waals surface area contributed by atoms with E-state index in [0.29, 0.717) is 25.0 Å². The van der Waals surface area contributed by atoms with Gasteiger partial charge in [-0.2, -0.15) is 0 Å². The lowest BCUT2D eigenvalue weighted by molar-refractivity contribution is -0.139. The molecule has 0 heterocycles. The Labute approximate surface area is 154 Å². The molecule has 0 aromatic heterocycles. The van der Waals surface area contributed by atoms with Crippen molar-refractivity contribution >= 4 is 64.0 Å². The number of hydrogen-bond donors (Lipinski definition) is 0. The van der Waals surface area contributed by atoms with Crippen molar-refractivity contribution in [3.8, 4) is 5.75 Å². The molecule has 122 valence electrons. The van der Waals surface area contributed by atoms with Gasteiger partial charge in [-0.25, -0.2) is 4.79 Å². The molecule has 3 nitrogen and oxygen atoms in total. The Morgan fingerprint density at radius 3 is 1.86 bits per heavy atom. The first kappa shape index (κ1) is 19.7. The van der Waals surface area contributed by atoms with Crippen molar-refractivity contribution in [3.63, 3.8) is 0 Å². The zero-order valence-electron chi connectivity index (χ0n) is 11.7. The molecule has 0 fully saturated rings. The molecule has 0 saturated carbocycles. The van der Waals surface area contributed by atoms with Gasteiger partial charge in [0.05, 0.1) is 28.3 Å². The van der Waals surface area contributed by atoms with Gasteiger partial charge >= 0.3 is 5.97 Å². The molecule has 0 aliphatic carbocycles. The zero-order valence-corrected chi connectivity index (χ0v) is 15.4. The van der Waals surface area contributed by atoms with Crippen LogP contribution >= 0.6 is 58.0 Å². The number of ether oxygens (including phenoxy) is 2. The van der Waals surface area contributed by atoms with E-state index in [0.717, 1.165) is 0 Å². The van der Waals surface area contributed by atoms with Gasteiger partial charge in [-0.15, -0.1) is 0 Å². The summed E-state index contributed by atoms with van der Waals surface area (Å²) < 4.78 is 10.4. The molecule has 0 bridgehead atoms. The smallest absolute Gasteiger partial charge is 0.333 e. The summed E-state index contributed by atoms with van der Waals surface area (Å²) in [5.74, 6) is -0.232. The van der Waals surface area contributed by atoms with E-state index in [1.165, 1.54) is 0 Å². The van der Waals surface area contributed by atoms with Crippen LogP contribution in [0.1, 0.15) is 19.8 Å². The van der Waals surface area contributed by atoms with E-state index in [1.54, 1.807) is 6.92 Å². The summed E-state index contributed by atoms with van der Waals surface area (Å²) in [7, 11) is 0. The Morgan fingerprint density at radius 2 is 1.36 bits per heavy atom. The Kier molecular flexibility index (Phi) is 8.15. The minimum absolute atomic E-state index is 0.0809. The van der Waals surface area contributed by atoms with Gasteiger partial charge in [0.15, 0.2) is 5.75 Å². The summed E-state index contributed by atoms with van der Waals surface area (Å²) in [4.78, 5) is 11.2. The maximum absolute atomic E-state index is 11.2. The number of unbranched alkanes of at least 4 members (excludes halogenated alkanes) is 1. The quantitative estimate of drug-likeness (QED) is 0.177. The maximum Gasteiger partial charge on any atom is 0.333 e. The molecule has 0 saturated heterocycles. The number of carbonyl (C=O) groups excluding carboxylic acids is 1. The summed E-state index contributed by atoms with van der Waals surface area (Å²) in [5.41, 5.74) is 0.361. The lowest BCUT2D eigenvalue weighted by atomic mass is 10.3. The molecular formula is C14H13Cl5O3. The fourth-order valence-electron chi connectivity index (χ4n) is 1.38. The molecule has 1 rings (SSSR count). The molecule has 0 atom stereocenters. The highest BCUT2D eigenvalue weighted by atomic mass is 35.5. The zero-order chi connectivity index (χ0) is 16.9. The molecule has 22 heavy (non-hydrogen) atoms. The average Bonchev–Trinajstić information content (AvgIpc) is 2.49. The van der Waals surface area contributed by atoms with Gasteiger partial charge in [0.1, 0.15) is 10.0 Å². The molecule has 8 heteroatoms. The molecule has 0 radical (unpaired) electrons. The second kappa shape index (κ2) is 9.09. The largest absolute Gasteiger partial charge is 0.490 e. The van der Waals surface area contributed by atoms with Gasteiger partial charge in [0.2, 0.25) is 0 Å². The molecule has 1 aromatic carbocycles. The molecule has 0 spiro atoms. The van der Waals surface area contributed by atoms with E-state index >= 15 is 0 Å². The molecule has 0 aliphatic heterocycles. The highest BCUT2D eigenvalue weighted by Gasteiger charge is 2.20. The van der Waals surface area contributed by atoms with Gasteiger partial charge in [0, 0.05) is 5.57 Å². The van der Waals surface area contributed by atoms with Crippen molar-refractivity contribution in [1.82, 2.24) is 0 Å². The third kappa shape index (κ3) is 5.10. The van der Waals surface area contributed by atoms with E-state index < -0.39 is 5.97 Å². The van der Waals surface area contributed by atoms with E-state index in [2.05, 4.69) is 6.58 Å². The number of carbonyl (C=O) groups is 1. The first-order valence-corrected chi connectivity index (χ1v) is 8.13. The highest BCUT2D eigenvalue weighted by Crippen LogP contribution is 2.48. The van der Waals surface area contributed by atoms with Crippen LogP contribution < -0.4 is 4.74 Å². The Morgan fingerprint density at radius 1 is 0.909 bits per heavy atom. The van der Waals surface area contributed by atoms with E-state index in [4.69, 9.17) is 67.5 Å². The summed E-state index contributed by atoms with van der Waals surface area (Å²) in [6, 6.07) is 0. The van der Waals surface area contributed by atoms with Crippen LogP contribution in [-0.4, -0.2) is 19.2 Å². The topological polar surface area (TPSA) is 35.5 Å². The van der Waals surface area contributed by atoms with Crippen molar-refractivity contribution in [2.45, 2.75) is 19.8 Å². The standard InChI is InChI=1S/C14H13Cl5O3/c1-7(2)14(20)22-6-4-3-5-21-13-11(18)9(16)8(15)10(17)12(13)19/h1,3-6H2,2H3. The molecule has 1 aromatic rings. The second-order valence-corrected chi connectivity index (χ2v) is 6.26. The van der Waals surface area contributed by atoms with Crippen LogP contribution in [0, 0.1) is 0 Å². The number of halogens is 5. The van der Waals surface area contributed by atoms with E-state index in [1.807, 2.05) is 0 Å². The number of rotatable bonds is 7. The Hall–Kier alpha value is -0.320. The SMILES string of the molecule is C=C(C)C(=O)OCCCCOc1c(Cl)c(Cl)c(Cl)c(Cl)c1Cl. The fourth-order valence-corrected chi connectivity index (χ4v) is 2.61. The minimum atomic E-state index is -0.414. The van der Waals surface area contributed by atoms with Crippen molar-refractivity contribution in [1.29, 1.82) is 0 Å². The summed E-state index contributed by atoms with van der Waals surface area (Å²) >= 11 is 29.8. The second-order valence-electron chi connectivity index (χ2n) is 4.37. The first-order valence-electron chi connectivity index (χ1n) is 6.24. The molecule has 0 amide bonds. The minimum Gasteiger partial charge on any atom is -0.490 e. The van der Waals surface area contributed by atoms with E-state index in [-0.39, 0.29) is 37.5 Å². The Bertz CT molecular complexity index is 557. The number of hydrogen-bond acceptors (Lipinski definition) is 3. The van der Waals surface area contributed by atoms with E-state index in [9.17, 15) is 4.79 Å². The highest BCUT2D eigenvalue weighted by molar-refractivity contribution is 6.55. The lowest BCUT2D eigenvalue weighted by Gasteiger charge is -2.13. The predicted molar refractivity (Wildman–Crippen MR) is 92.0 cm³/mol. The van der Waals surface area contributed by atoms with Crippen molar-refractivity contribution < 1.29 is 14.3 Å². The van der Waals surface area contributed by atoms with Crippen LogP contribution in [0.25, 0.3) is 0 Å². The molecule has 0 N–H and O–H groups in total. The van der Waals surface area contributed by atoms with Gasteiger partial charge in [-0.1, -0.05) is 64.6 Å². The van der Waals surface area contributed by atoms with Crippen LogP contribution in [0.4, 0.5) is 0 Å². The Balaban J connectivity index is 2.50. The van der Waals surface area contributed by atoms with Crippen LogP contribution in [0.15, 0.2) is 12.2 Å². The lowest BCUT2D eigenvalue weighted by Crippen LogP contribution is -2.07. The van der Waals surface area contributed by atoms with Crippen LogP contribution in [0.2, 0.25) is 25.1 Å². The average molecular weight is 407 g/mol. The third-order valence-corrected chi connectivity index (χ3v) is 4.78. The summed E-state index contributed by atoms with van der Waals surface area (Å²) in [5, 5.41) is 0.466. The van der Waals surface area contributed by atoms with Crippen molar-refractivity contribution in [2.75, 3.05) is 13.2 Å². The van der Waals surface area contributed by atoms with Crippen LogP contribution in [-0.2, 0) is 9.53 Å². The third-order valence-electron chi connectivity index (χ3n) is 2.54. The van der Waals surface area contributed by atoms with Crippen molar-refractivity contribution in [3.05, 3.63) is 37.3 Å². The normalized spacial score (nSPS) is 10.5. The summed E-state index contributed by atoms with van der Waals surface area (Å²) in [6.45, 7) is 5.66. The van der Waals surface area contributed by atoms with Crippen molar-refractivity contribution in [2.24, 2.45) is 0 Å². The first-order chi connectivity index (χ1) is 10.3. The van der Waals surface area contributed by atoms with Gasteiger partial charge in [-0.3, -0.25) is 0 Å². The molecule has 0 unspecified atom stereocenters. The number of esters is 1. The van der Waals surface area contributed by atoms with Gasteiger partial charge < -0.3 is 9.47 Å². The maximum atomic E-state index is 11.2. The summed E-state index contributed by atoms with van der Waals surface area (Å²) in [6.07, 6.45) is 1.23. The van der Waals surface area contributed by atoms with Crippen LogP contribution in [0.5, 0.6) is 5.75 Å². The number of benzene rings is 1. The van der Waals surface area contributed by atoms with Gasteiger partial charge in [0.25, 0.3) is 0 Å². The molecular weight excluding hydrogens is 393 g/mol.